The van der Waals surface area contributed by atoms with Crippen LogP contribution in [0.3, 0.4) is 0 Å². The van der Waals surface area contributed by atoms with Crippen LogP contribution in [-0.2, 0) is 4.57 Å². The third-order valence-corrected chi connectivity index (χ3v) is 3.18. The summed E-state index contributed by atoms with van der Waals surface area (Å²) < 4.78 is 10.1. The standard InChI is InChI=1S/C6H11NS.C5H10NO2PS/c1-3-5-7-6(8)4-2;1-2-5(10)6-3-4-9(7)8/h3H,1,4-5H2,2H3,(H,7,8);2-4H2,1H3,(H-,6,7,8,10)/p+1. The normalized spacial score (nSPS) is 9.61. The van der Waals surface area contributed by atoms with Crippen molar-refractivity contribution in [2.45, 2.75) is 26.7 Å². The van der Waals surface area contributed by atoms with Gasteiger partial charge in [-0.2, -0.15) is 4.89 Å². The molecule has 0 aromatic rings. The summed E-state index contributed by atoms with van der Waals surface area (Å²) in [5.74, 6) is 0. The van der Waals surface area contributed by atoms with E-state index in [1.165, 1.54) is 0 Å². The van der Waals surface area contributed by atoms with Gasteiger partial charge in [0.15, 0.2) is 6.16 Å². The molecule has 0 aromatic carbocycles. The van der Waals surface area contributed by atoms with Crippen LogP contribution in [0, 0.1) is 0 Å². The van der Waals surface area contributed by atoms with Crippen molar-refractivity contribution in [3.05, 3.63) is 12.7 Å². The van der Waals surface area contributed by atoms with Crippen LogP contribution in [0.1, 0.15) is 26.7 Å². The molecular weight excluding hydrogens is 287 g/mol. The fourth-order valence-electron chi connectivity index (χ4n) is 0.727. The molecule has 0 fully saturated rings. The van der Waals surface area contributed by atoms with Gasteiger partial charge in [0.25, 0.3) is 0 Å². The molecule has 0 heterocycles. The van der Waals surface area contributed by atoms with Gasteiger partial charge in [0.05, 0.1) is 16.5 Å². The predicted octanol–water partition coefficient (Wildman–Crippen LogP) is 2.55. The van der Waals surface area contributed by atoms with Gasteiger partial charge in [0.1, 0.15) is 0 Å². The zero-order valence-corrected chi connectivity index (χ0v) is 13.5. The minimum atomic E-state index is -2.01. The van der Waals surface area contributed by atoms with Crippen molar-refractivity contribution >= 4 is 42.4 Å². The summed E-state index contributed by atoms with van der Waals surface area (Å²) in [6.07, 6.45) is 3.78. The topological polar surface area (TPSA) is 61.4 Å². The van der Waals surface area contributed by atoms with Crippen LogP contribution >= 0.6 is 32.5 Å². The molecule has 0 saturated heterocycles. The van der Waals surface area contributed by atoms with E-state index in [-0.39, 0.29) is 6.16 Å². The lowest BCUT2D eigenvalue weighted by Crippen LogP contribution is -2.22. The van der Waals surface area contributed by atoms with E-state index in [2.05, 4.69) is 17.2 Å². The van der Waals surface area contributed by atoms with Crippen molar-refractivity contribution in [2.75, 3.05) is 19.3 Å². The van der Waals surface area contributed by atoms with Crippen molar-refractivity contribution in [3.63, 3.8) is 0 Å². The molecule has 0 aliphatic carbocycles. The summed E-state index contributed by atoms with van der Waals surface area (Å²) in [6.45, 7) is 8.79. The second-order valence-corrected chi connectivity index (χ2v) is 5.36. The highest BCUT2D eigenvalue weighted by atomic mass is 32.1. The van der Waals surface area contributed by atoms with Crippen LogP contribution in [0.2, 0.25) is 0 Å². The predicted molar refractivity (Wildman–Crippen MR) is 86.7 cm³/mol. The Morgan fingerprint density at radius 2 is 1.78 bits per heavy atom. The van der Waals surface area contributed by atoms with Gasteiger partial charge in [-0.1, -0.05) is 44.4 Å². The average molecular weight is 309 g/mol. The Hall–Kier alpha value is -0.420. The van der Waals surface area contributed by atoms with E-state index in [4.69, 9.17) is 29.3 Å². The van der Waals surface area contributed by atoms with Crippen molar-refractivity contribution < 1.29 is 9.46 Å². The van der Waals surface area contributed by atoms with Gasteiger partial charge in [-0.05, 0) is 17.4 Å². The van der Waals surface area contributed by atoms with Gasteiger partial charge in [0.2, 0.25) is 0 Å². The van der Waals surface area contributed by atoms with E-state index < -0.39 is 8.03 Å². The summed E-state index contributed by atoms with van der Waals surface area (Å²) in [7, 11) is -2.01. The Labute approximate surface area is 121 Å². The number of nitrogens with one attached hydrogen (secondary N) is 2. The van der Waals surface area contributed by atoms with Gasteiger partial charge >= 0.3 is 8.03 Å². The van der Waals surface area contributed by atoms with E-state index in [1.54, 1.807) is 6.08 Å². The molecule has 1 atom stereocenters. The van der Waals surface area contributed by atoms with E-state index in [0.29, 0.717) is 6.54 Å². The summed E-state index contributed by atoms with van der Waals surface area (Å²) >= 11 is 9.68. The van der Waals surface area contributed by atoms with E-state index in [0.717, 1.165) is 29.4 Å². The molecule has 0 rings (SSSR count). The van der Waals surface area contributed by atoms with Crippen LogP contribution in [0.5, 0.6) is 0 Å². The molecule has 18 heavy (non-hydrogen) atoms. The molecule has 0 amide bonds. The zero-order valence-electron chi connectivity index (χ0n) is 10.9. The lowest BCUT2D eigenvalue weighted by atomic mass is 10.5. The van der Waals surface area contributed by atoms with Crippen LogP contribution in [0.15, 0.2) is 12.7 Å². The SMILES string of the molecule is C=CCNC(=S)CC.CCC(=S)NCC[P+](=O)O. The Balaban J connectivity index is 0. The number of rotatable bonds is 7. The number of hydrogen-bond acceptors (Lipinski definition) is 3. The first-order chi connectivity index (χ1) is 8.47. The molecule has 3 N–H and O–H groups in total. The van der Waals surface area contributed by atoms with Crippen LogP contribution in [0.4, 0.5) is 0 Å². The lowest BCUT2D eigenvalue weighted by molar-refractivity contribution is 0.502. The minimum absolute atomic E-state index is 0.273. The van der Waals surface area contributed by atoms with E-state index >= 15 is 0 Å². The van der Waals surface area contributed by atoms with Gasteiger partial charge in [-0.25, -0.2) is 0 Å². The highest BCUT2D eigenvalue weighted by molar-refractivity contribution is 7.80. The third-order valence-electron chi connectivity index (χ3n) is 1.71. The van der Waals surface area contributed by atoms with Crippen molar-refractivity contribution in [1.82, 2.24) is 10.6 Å². The molecule has 7 heteroatoms. The molecule has 0 spiro atoms. The molecule has 0 bridgehead atoms. The van der Waals surface area contributed by atoms with E-state index in [1.807, 2.05) is 13.8 Å². The molecular formula is C11H22N2O2PS2+. The Kier molecular flexibility index (Phi) is 16.2. The average Bonchev–Trinajstić information content (AvgIpc) is 2.35. The Morgan fingerprint density at radius 3 is 2.17 bits per heavy atom. The number of thiocarbonyl (C=S) groups is 2. The maximum atomic E-state index is 10.1. The van der Waals surface area contributed by atoms with Crippen molar-refractivity contribution in [1.29, 1.82) is 0 Å². The number of hydrogen-bond donors (Lipinski definition) is 3. The van der Waals surface area contributed by atoms with Gasteiger partial charge in [0, 0.05) is 6.54 Å². The minimum Gasteiger partial charge on any atom is -0.376 e. The molecule has 104 valence electrons. The maximum absolute atomic E-state index is 10.1. The monoisotopic (exact) mass is 309 g/mol. The van der Waals surface area contributed by atoms with Crippen LogP contribution in [0.25, 0.3) is 0 Å². The highest BCUT2D eigenvalue weighted by Crippen LogP contribution is 2.09. The zero-order chi connectivity index (χ0) is 14.4. The summed E-state index contributed by atoms with van der Waals surface area (Å²) in [4.78, 5) is 10.0. The third kappa shape index (κ3) is 18.0. The first-order valence-electron chi connectivity index (χ1n) is 5.75. The van der Waals surface area contributed by atoms with Crippen LogP contribution in [-0.4, -0.2) is 34.1 Å². The second-order valence-electron chi connectivity index (χ2n) is 3.23. The Morgan fingerprint density at radius 1 is 1.28 bits per heavy atom. The summed E-state index contributed by atoms with van der Waals surface area (Å²) in [6, 6.07) is 0. The molecule has 0 saturated carbocycles. The fraction of sp³-hybridized carbons (Fsp3) is 0.636. The Bertz CT molecular complexity index is 286. The molecule has 0 aromatic heterocycles. The lowest BCUT2D eigenvalue weighted by Gasteiger charge is -1.98. The highest BCUT2D eigenvalue weighted by Gasteiger charge is 2.07. The molecule has 0 aliphatic rings. The van der Waals surface area contributed by atoms with Gasteiger partial charge in [-0.15, -0.1) is 6.58 Å². The molecule has 4 nitrogen and oxygen atoms in total. The first kappa shape index (κ1) is 19.9. The second kappa shape index (κ2) is 14.6. The molecule has 0 aliphatic heterocycles. The van der Waals surface area contributed by atoms with Crippen molar-refractivity contribution in [2.24, 2.45) is 0 Å². The van der Waals surface area contributed by atoms with E-state index in [9.17, 15) is 4.57 Å². The van der Waals surface area contributed by atoms with Crippen LogP contribution < -0.4 is 10.6 Å². The summed E-state index contributed by atoms with van der Waals surface area (Å²) in [5, 5.41) is 5.85. The largest absolute Gasteiger partial charge is 0.507 e. The first-order valence-corrected chi connectivity index (χ1v) is 7.97. The maximum Gasteiger partial charge on any atom is 0.507 e. The smallest absolute Gasteiger partial charge is 0.376 e. The summed E-state index contributed by atoms with van der Waals surface area (Å²) in [5.41, 5.74) is 0. The quantitative estimate of drug-likeness (QED) is 0.382. The van der Waals surface area contributed by atoms with Gasteiger partial charge in [-0.3, -0.25) is 0 Å². The fourth-order valence-corrected chi connectivity index (χ4v) is 1.22. The van der Waals surface area contributed by atoms with Gasteiger partial charge < -0.3 is 10.6 Å². The molecule has 0 radical (unpaired) electrons. The molecule has 1 unspecified atom stereocenters. The van der Waals surface area contributed by atoms with Crippen molar-refractivity contribution in [3.8, 4) is 0 Å².